The Kier molecular flexibility index (Phi) is 14.3. The van der Waals surface area contributed by atoms with Crippen molar-refractivity contribution in [3.05, 3.63) is 48.0 Å². The van der Waals surface area contributed by atoms with Gasteiger partial charge < -0.3 is 39.8 Å². The van der Waals surface area contributed by atoms with E-state index >= 15 is 0 Å². The summed E-state index contributed by atoms with van der Waals surface area (Å²) in [6.45, 7) is 5.86. The summed E-state index contributed by atoms with van der Waals surface area (Å²) >= 11 is 0. The second kappa shape index (κ2) is 17.9. The number of aliphatic hydroxyl groups is 1. The standard InChI is InChI=1S/C34H47F3N4O7/c1-22-19-41(23(2)21-42)32(44)28-18-26(38-31(43)15-16-34(35,36)37)11-14-29(28)48-24(3)8-6-7-17-47-30(22)20-40(4)33(45)39-25-9-12-27(46-5)13-10-25/h9-14,18,22-24,30,42H,6-8,15-17,19-21H2,1-5H3,(H,38,43)(H,39,45)/t22-,23+,24-,30+/m0/s1. The SMILES string of the molecule is COc1ccc(NC(=O)N(C)C[C@H]2OCCCC[C@H](C)Oc3ccc(NC(=O)CCC(F)(F)F)cc3C(=O)N([C@H](C)CO)C[C@@H]2C)cc1. The van der Waals surface area contributed by atoms with Gasteiger partial charge in [-0.05, 0) is 75.6 Å². The number of amides is 4. The number of anilines is 2. The van der Waals surface area contributed by atoms with Crippen molar-refractivity contribution in [1.82, 2.24) is 9.80 Å². The molecule has 0 fully saturated rings. The van der Waals surface area contributed by atoms with E-state index in [9.17, 15) is 32.7 Å². The van der Waals surface area contributed by atoms with Crippen LogP contribution < -0.4 is 20.1 Å². The molecule has 0 aliphatic carbocycles. The van der Waals surface area contributed by atoms with Crippen molar-refractivity contribution in [2.24, 2.45) is 5.92 Å². The number of hydrogen-bond acceptors (Lipinski definition) is 7. The number of rotatable bonds is 9. The van der Waals surface area contributed by atoms with Crippen molar-refractivity contribution >= 4 is 29.2 Å². The van der Waals surface area contributed by atoms with Gasteiger partial charge in [0.2, 0.25) is 5.91 Å². The Balaban J connectivity index is 1.86. The molecule has 0 saturated carbocycles. The van der Waals surface area contributed by atoms with E-state index in [2.05, 4.69) is 10.6 Å². The number of ether oxygens (including phenoxy) is 3. The summed E-state index contributed by atoms with van der Waals surface area (Å²) in [7, 11) is 3.21. The van der Waals surface area contributed by atoms with E-state index in [1.54, 1.807) is 45.3 Å². The van der Waals surface area contributed by atoms with E-state index in [1.807, 2.05) is 13.8 Å². The lowest BCUT2D eigenvalue weighted by atomic mass is 10.0. The summed E-state index contributed by atoms with van der Waals surface area (Å²) in [6.07, 6.45) is -5.15. The number of likely N-dealkylation sites (N-methyl/N-ethyl adjacent to an activating group) is 1. The number of nitrogens with one attached hydrogen (secondary N) is 2. The molecule has 48 heavy (non-hydrogen) atoms. The number of methoxy groups -OCH3 is 1. The molecule has 3 N–H and O–H groups in total. The molecule has 0 radical (unpaired) electrons. The number of carbonyl (C=O) groups is 3. The first-order valence-corrected chi connectivity index (χ1v) is 16.1. The number of hydrogen-bond donors (Lipinski definition) is 3. The van der Waals surface area contributed by atoms with Crippen LogP contribution in [0.1, 0.15) is 63.2 Å². The lowest BCUT2D eigenvalue weighted by molar-refractivity contribution is -0.142. The van der Waals surface area contributed by atoms with E-state index in [1.165, 1.54) is 28.0 Å². The zero-order valence-electron chi connectivity index (χ0n) is 28.1. The molecule has 4 atom stereocenters. The average molecular weight is 681 g/mol. The fraction of sp³-hybridized carbons (Fsp3) is 0.559. The summed E-state index contributed by atoms with van der Waals surface area (Å²) in [5, 5.41) is 15.4. The second-order valence-corrected chi connectivity index (χ2v) is 12.2. The minimum Gasteiger partial charge on any atom is -0.497 e. The van der Waals surface area contributed by atoms with Crippen LogP contribution in [0.25, 0.3) is 0 Å². The number of nitrogens with zero attached hydrogens (tertiary/aromatic N) is 2. The third-order valence-corrected chi connectivity index (χ3v) is 8.11. The Labute approximate surface area is 279 Å². The predicted molar refractivity (Wildman–Crippen MR) is 175 cm³/mol. The molecule has 1 aliphatic rings. The fourth-order valence-electron chi connectivity index (χ4n) is 5.19. The summed E-state index contributed by atoms with van der Waals surface area (Å²) in [5.41, 5.74) is 0.822. The Bertz CT molecular complexity index is 1360. The van der Waals surface area contributed by atoms with Gasteiger partial charge in [0.25, 0.3) is 5.91 Å². The Hall–Kier alpha value is -4.04. The number of fused-ring (bicyclic) bond motifs is 1. The van der Waals surface area contributed by atoms with Crippen LogP contribution in [-0.4, -0.2) is 97.6 Å². The van der Waals surface area contributed by atoms with Gasteiger partial charge >= 0.3 is 12.2 Å². The number of carbonyl (C=O) groups excluding carboxylic acids is 3. The van der Waals surface area contributed by atoms with Gasteiger partial charge in [-0.1, -0.05) is 6.92 Å². The normalized spacial score (nSPS) is 20.1. The minimum absolute atomic E-state index is 0.0912. The largest absolute Gasteiger partial charge is 0.497 e. The maximum absolute atomic E-state index is 14.2. The number of urea groups is 1. The van der Waals surface area contributed by atoms with Crippen LogP contribution in [0.15, 0.2) is 42.5 Å². The second-order valence-electron chi connectivity index (χ2n) is 12.2. The monoisotopic (exact) mass is 680 g/mol. The van der Waals surface area contributed by atoms with Gasteiger partial charge in [-0.2, -0.15) is 13.2 Å². The van der Waals surface area contributed by atoms with Crippen molar-refractivity contribution in [3.63, 3.8) is 0 Å². The first-order chi connectivity index (χ1) is 22.7. The molecule has 2 aromatic rings. The first kappa shape index (κ1) is 38.4. The number of alkyl halides is 3. The summed E-state index contributed by atoms with van der Waals surface area (Å²) in [6, 6.07) is 10.3. The Morgan fingerprint density at radius 2 is 1.79 bits per heavy atom. The van der Waals surface area contributed by atoms with Crippen LogP contribution in [0.2, 0.25) is 0 Å². The van der Waals surface area contributed by atoms with Crippen LogP contribution in [0.5, 0.6) is 11.5 Å². The molecule has 0 unspecified atom stereocenters. The van der Waals surface area contributed by atoms with Gasteiger partial charge in [-0.25, -0.2) is 4.79 Å². The molecule has 1 heterocycles. The zero-order valence-corrected chi connectivity index (χ0v) is 28.1. The van der Waals surface area contributed by atoms with E-state index in [-0.39, 0.29) is 54.7 Å². The lowest BCUT2D eigenvalue weighted by Crippen LogP contribution is -2.48. The lowest BCUT2D eigenvalue weighted by Gasteiger charge is -2.35. The van der Waals surface area contributed by atoms with Gasteiger partial charge in [0.1, 0.15) is 11.5 Å². The van der Waals surface area contributed by atoms with E-state index in [0.717, 1.165) is 12.8 Å². The molecular weight excluding hydrogens is 633 g/mol. The summed E-state index contributed by atoms with van der Waals surface area (Å²) in [5.74, 6) is -0.744. The van der Waals surface area contributed by atoms with Crippen molar-refractivity contribution in [2.45, 2.75) is 77.3 Å². The Morgan fingerprint density at radius 3 is 2.44 bits per heavy atom. The van der Waals surface area contributed by atoms with Crippen LogP contribution >= 0.6 is 0 Å². The molecule has 2 aromatic carbocycles. The molecule has 11 nitrogen and oxygen atoms in total. The van der Waals surface area contributed by atoms with Crippen LogP contribution in [-0.2, 0) is 9.53 Å². The molecule has 4 amide bonds. The van der Waals surface area contributed by atoms with Gasteiger partial charge in [0.15, 0.2) is 0 Å². The molecule has 0 spiro atoms. The number of halogens is 3. The highest BCUT2D eigenvalue weighted by atomic mass is 19.4. The maximum Gasteiger partial charge on any atom is 0.389 e. The van der Waals surface area contributed by atoms with Crippen LogP contribution in [0, 0.1) is 5.92 Å². The minimum atomic E-state index is -4.48. The topological polar surface area (TPSA) is 130 Å². The average Bonchev–Trinajstić information content (AvgIpc) is 3.05. The number of aliphatic hydroxyl groups excluding tert-OH is 1. The third-order valence-electron chi connectivity index (χ3n) is 8.11. The van der Waals surface area contributed by atoms with Crippen LogP contribution in [0.3, 0.4) is 0 Å². The highest BCUT2D eigenvalue weighted by molar-refractivity contribution is 5.99. The zero-order chi connectivity index (χ0) is 35.4. The molecule has 3 rings (SSSR count). The molecule has 0 saturated heterocycles. The number of benzene rings is 2. The van der Waals surface area contributed by atoms with Crippen molar-refractivity contribution < 1.29 is 46.9 Å². The first-order valence-electron chi connectivity index (χ1n) is 16.1. The Morgan fingerprint density at radius 1 is 1.10 bits per heavy atom. The molecular formula is C34H47F3N4O7. The smallest absolute Gasteiger partial charge is 0.389 e. The van der Waals surface area contributed by atoms with Crippen LogP contribution in [0.4, 0.5) is 29.3 Å². The van der Waals surface area contributed by atoms with Crippen molar-refractivity contribution in [3.8, 4) is 11.5 Å². The molecule has 0 bridgehead atoms. The summed E-state index contributed by atoms with van der Waals surface area (Å²) in [4.78, 5) is 42.5. The fourth-order valence-corrected chi connectivity index (χ4v) is 5.19. The predicted octanol–water partition coefficient (Wildman–Crippen LogP) is 5.94. The summed E-state index contributed by atoms with van der Waals surface area (Å²) < 4.78 is 55.6. The van der Waals surface area contributed by atoms with E-state index < -0.39 is 43.0 Å². The maximum atomic E-state index is 14.2. The molecule has 14 heteroatoms. The van der Waals surface area contributed by atoms with E-state index in [4.69, 9.17) is 14.2 Å². The van der Waals surface area contributed by atoms with Gasteiger partial charge in [-0.15, -0.1) is 0 Å². The molecule has 1 aliphatic heterocycles. The van der Waals surface area contributed by atoms with E-state index in [0.29, 0.717) is 24.5 Å². The highest BCUT2D eigenvalue weighted by Crippen LogP contribution is 2.29. The quantitative estimate of drug-likeness (QED) is 0.299. The highest BCUT2D eigenvalue weighted by Gasteiger charge is 2.32. The van der Waals surface area contributed by atoms with Gasteiger partial charge in [0, 0.05) is 50.5 Å². The van der Waals surface area contributed by atoms with Crippen molar-refractivity contribution in [2.75, 3.05) is 51.1 Å². The van der Waals surface area contributed by atoms with Gasteiger partial charge in [0.05, 0.1) is 44.0 Å². The molecule has 0 aromatic heterocycles. The third kappa shape index (κ3) is 11.9. The molecule has 266 valence electrons. The van der Waals surface area contributed by atoms with Gasteiger partial charge in [-0.3, -0.25) is 9.59 Å². The van der Waals surface area contributed by atoms with Crippen molar-refractivity contribution in [1.29, 1.82) is 0 Å².